The molecule has 0 spiro atoms. The Morgan fingerprint density at radius 3 is 1.97 bits per heavy atom. The molecular formula is C29H45N. The zero-order valence-corrected chi connectivity index (χ0v) is 20.8. The first-order valence-electron chi connectivity index (χ1n) is 11.1. The van der Waals surface area contributed by atoms with Crippen molar-refractivity contribution in [3.8, 4) is 0 Å². The summed E-state index contributed by atoms with van der Waals surface area (Å²) in [6, 6.07) is 17.0. The lowest BCUT2D eigenvalue weighted by Crippen LogP contribution is -2.02. The van der Waals surface area contributed by atoms with Crippen molar-refractivity contribution in [1.29, 1.82) is 0 Å². The average molecular weight is 408 g/mol. The summed E-state index contributed by atoms with van der Waals surface area (Å²) in [6.45, 7) is 21.0. The predicted octanol–water partition coefficient (Wildman–Crippen LogP) is 8.33. The third-order valence-electron chi connectivity index (χ3n) is 4.27. The van der Waals surface area contributed by atoms with E-state index in [0.717, 1.165) is 18.4 Å². The number of hydrogen-bond donors (Lipinski definition) is 1. The zero-order chi connectivity index (χ0) is 23.4. The molecule has 30 heavy (non-hydrogen) atoms. The molecular weight excluding hydrogens is 362 g/mol. The Labute approximate surface area is 187 Å². The van der Waals surface area contributed by atoms with Crippen LogP contribution in [0.1, 0.15) is 70.7 Å². The van der Waals surface area contributed by atoms with Crippen molar-refractivity contribution < 1.29 is 0 Å². The molecule has 166 valence electrons. The van der Waals surface area contributed by atoms with Crippen LogP contribution in [0, 0.1) is 6.92 Å². The monoisotopic (exact) mass is 407 g/mol. The van der Waals surface area contributed by atoms with E-state index in [-0.39, 0.29) is 0 Å². The molecule has 2 aromatic rings. The first-order valence-corrected chi connectivity index (χ1v) is 11.1. The van der Waals surface area contributed by atoms with Crippen LogP contribution in [0.4, 0.5) is 0 Å². The lowest BCUT2D eigenvalue weighted by atomic mass is 10.0. The third kappa shape index (κ3) is 15.5. The number of rotatable bonds is 5. The van der Waals surface area contributed by atoms with Gasteiger partial charge in [0.25, 0.3) is 0 Å². The average Bonchev–Trinajstić information content (AvgIpc) is 2.77. The Balaban J connectivity index is 0. The number of allylic oxidation sites excluding steroid dienone is 5. The maximum absolute atomic E-state index is 5.46. The van der Waals surface area contributed by atoms with Crippen molar-refractivity contribution in [3.63, 3.8) is 0 Å². The van der Waals surface area contributed by atoms with Crippen LogP contribution in [0.25, 0.3) is 5.57 Å². The minimum Gasteiger partial charge on any atom is -0.330 e. The van der Waals surface area contributed by atoms with E-state index < -0.39 is 0 Å². The topological polar surface area (TPSA) is 26.0 Å². The lowest BCUT2D eigenvalue weighted by Gasteiger charge is -2.02. The van der Waals surface area contributed by atoms with Gasteiger partial charge in [-0.1, -0.05) is 111 Å². The van der Waals surface area contributed by atoms with Gasteiger partial charge in [-0.3, -0.25) is 0 Å². The number of nitrogens with two attached hydrogens (primary N) is 1. The van der Waals surface area contributed by atoms with Crippen molar-refractivity contribution >= 4 is 5.57 Å². The Morgan fingerprint density at radius 2 is 1.57 bits per heavy atom. The fourth-order valence-electron chi connectivity index (χ4n) is 2.34. The Hall–Kier alpha value is -2.38. The molecule has 0 saturated heterocycles. The highest BCUT2D eigenvalue weighted by atomic mass is 14.5. The maximum Gasteiger partial charge on any atom is -0.00367 e. The molecule has 2 rings (SSSR count). The Kier molecular flexibility index (Phi) is 19.8. The van der Waals surface area contributed by atoms with E-state index in [0.29, 0.717) is 6.54 Å². The van der Waals surface area contributed by atoms with Gasteiger partial charge >= 0.3 is 0 Å². The summed E-state index contributed by atoms with van der Waals surface area (Å²) in [7, 11) is 0. The van der Waals surface area contributed by atoms with E-state index in [4.69, 9.17) is 5.73 Å². The summed E-state index contributed by atoms with van der Waals surface area (Å²) in [6.07, 6.45) is 8.29. The summed E-state index contributed by atoms with van der Waals surface area (Å²) in [5, 5.41) is 0. The molecule has 2 N–H and O–H groups in total. The van der Waals surface area contributed by atoms with Crippen molar-refractivity contribution in [2.45, 2.75) is 68.2 Å². The molecule has 0 unspecified atom stereocenters. The first kappa shape index (κ1) is 29.8. The number of hydrogen-bond acceptors (Lipinski definition) is 1. The van der Waals surface area contributed by atoms with Gasteiger partial charge in [0.2, 0.25) is 0 Å². The van der Waals surface area contributed by atoms with Crippen LogP contribution in [0.3, 0.4) is 0 Å². The van der Waals surface area contributed by atoms with Crippen LogP contribution >= 0.6 is 0 Å². The van der Waals surface area contributed by atoms with E-state index in [1.54, 1.807) is 0 Å². The quantitative estimate of drug-likeness (QED) is 0.495. The van der Waals surface area contributed by atoms with E-state index in [2.05, 4.69) is 88.0 Å². The number of benzene rings is 2. The molecule has 0 saturated carbocycles. The van der Waals surface area contributed by atoms with Crippen molar-refractivity contribution in [3.05, 3.63) is 101 Å². The highest BCUT2D eigenvalue weighted by Crippen LogP contribution is 2.13. The van der Waals surface area contributed by atoms with Crippen LogP contribution in [0.5, 0.6) is 0 Å². The molecule has 0 aromatic heterocycles. The molecule has 0 radical (unpaired) electrons. The van der Waals surface area contributed by atoms with Gasteiger partial charge in [-0.05, 0) is 70.7 Å². The van der Waals surface area contributed by atoms with Crippen molar-refractivity contribution in [2.24, 2.45) is 5.73 Å². The molecule has 0 aliphatic carbocycles. The number of aryl methyl sites for hydroxylation is 2. The molecule has 0 amide bonds. The van der Waals surface area contributed by atoms with Gasteiger partial charge in [-0.2, -0.15) is 0 Å². The highest BCUT2D eigenvalue weighted by Gasteiger charge is 1.94. The van der Waals surface area contributed by atoms with Gasteiger partial charge < -0.3 is 5.73 Å². The summed E-state index contributed by atoms with van der Waals surface area (Å²) in [5.41, 5.74) is 13.1. The first-order chi connectivity index (χ1) is 14.4. The highest BCUT2D eigenvalue weighted by molar-refractivity contribution is 5.61. The Morgan fingerprint density at radius 1 is 0.967 bits per heavy atom. The minimum absolute atomic E-state index is 0.708. The third-order valence-corrected chi connectivity index (χ3v) is 4.27. The van der Waals surface area contributed by atoms with E-state index in [9.17, 15) is 0 Å². The van der Waals surface area contributed by atoms with Crippen LogP contribution in [0.15, 0.2) is 78.9 Å². The van der Waals surface area contributed by atoms with E-state index >= 15 is 0 Å². The van der Waals surface area contributed by atoms with Crippen LogP contribution in [-0.4, -0.2) is 6.54 Å². The van der Waals surface area contributed by atoms with Gasteiger partial charge in [-0.15, -0.1) is 0 Å². The second-order valence-electron chi connectivity index (χ2n) is 6.89. The molecule has 0 heterocycles. The van der Waals surface area contributed by atoms with Crippen molar-refractivity contribution in [1.82, 2.24) is 0 Å². The van der Waals surface area contributed by atoms with Gasteiger partial charge in [0.05, 0.1) is 0 Å². The summed E-state index contributed by atoms with van der Waals surface area (Å²) in [4.78, 5) is 0. The maximum atomic E-state index is 5.46. The molecule has 2 aromatic carbocycles. The van der Waals surface area contributed by atoms with Crippen LogP contribution in [0.2, 0.25) is 0 Å². The molecule has 0 bridgehead atoms. The summed E-state index contributed by atoms with van der Waals surface area (Å²) < 4.78 is 0. The van der Waals surface area contributed by atoms with Crippen LogP contribution in [-0.2, 0) is 12.8 Å². The van der Waals surface area contributed by atoms with Crippen molar-refractivity contribution in [2.75, 3.05) is 6.54 Å². The second kappa shape index (κ2) is 19.9. The summed E-state index contributed by atoms with van der Waals surface area (Å²) >= 11 is 0. The fourth-order valence-corrected chi connectivity index (χ4v) is 2.34. The standard InChI is InChI=1S/C11H15N.C9H12.C7H12.C2H6/c1-9(2)11-5-3-4-10(8-11)6-7-12;1-3-9-6-4-8(2)5-7-9;1-4-6-7(3)5-2;1-2/h3-5,8H,1,6-7,12H2,2H3;4-7H,3H2,1-2H3;4-6H,1-3H3;1-2H3/b;;6-4-,7-5-;. The van der Waals surface area contributed by atoms with Crippen LogP contribution < -0.4 is 5.73 Å². The zero-order valence-electron chi connectivity index (χ0n) is 20.8. The molecule has 1 heteroatoms. The van der Waals surface area contributed by atoms with Gasteiger partial charge in [0, 0.05) is 0 Å². The molecule has 0 aliphatic rings. The van der Waals surface area contributed by atoms with Gasteiger partial charge in [-0.25, -0.2) is 0 Å². The second-order valence-corrected chi connectivity index (χ2v) is 6.89. The van der Waals surface area contributed by atoms with Gasteiger partial charge in [0.1, 0.15) is 0 Å². The molecule has 0 atom stereocenters. The van der Waals surface area contributed by atoms with E-state index in [1.165, 1.54) is 27.8 Å². The largest absolute Gasteiger partial charge is 0.330 e. The minimum atomic E-state index is 0.708. The van der Waals surface area contributed by atoms with E-state index in [1.807, 2.05) is 40.7 Å². The molecule has 1 nitrogen and oxygen atoms in total. The normalized spacial score (nSPS) is 10.1. The molecule has 0 aliphatic heterocycles. The summed E-state index contributed by atoms with van der Waals surface area (Å²) in [5.74, 6) is 0. The fraction of sp³-hybridized carbons (Fsp3) is 0.379. The van der Waals surface area contributed by atoms with Gasteiger partial charge in [0.15, 0.2) is 0 Å². The molecule has 0 fully saturated rings. The Bertz CT molecular complexity index is 733. The lowest BCUT2D eigenvalue weighted by molar-refractivity contribution is 0.968. The predicted molar refractivity (Wildman–Crippen MR) is 140 cm³/mol. The smallest absolute Gasteiger partial charge is 0.00367 e. The SMILES string of the molecule is C/C=C\C(C)=C/C.C=C(C)c1cccc(CCN)c1.CC.CCc1ccc(C)cc1.